The van der Waals surface area contributed by atoms with Crippen molar-refractivity contribution in [3.63, 3.8) is 0 Å². The zero-order valence-electron chi connectivity index (χ0n) is 14.2. The van der Waals surface area contributed by atoms with Gasteiger partial charge >= 0.3 is 0 Å². The molecule has 0 amide bonds. The molecule has 0 saturated carbocycles. The highest BCUT2D eigenvalue weighted by atomic mass is 16.4. The first-order valence-corrected chi connectivity index (χ1v) is 8.31. The Kier molecular flexibility index (Phi) is 3.93. The summed E-state index contributed by atoms with van der Waals surface area (Å²) in [5.41, 5.74) is 2.78. The van der Waals surface area contributed by atoms with Crippen LogP contribution >= 0.6 is 0 Å². The highest BCUT2D eigenvalue weighted by Crippen LogP contribution is 2.27. The molecule has 7 nitrogen and oxygen atoms in total. The van der Waals surface area contributed by atoms with Gasteiger partial charge in [0.25, 0.3) is 5.56 Å². The number of aromatic nitrogens is 4. The number of rotatable bonds is 3. The van der Waals surface area contributed by atoms with E-state index in [9.17, 15) is 4.79 Å². The Balaban J connectivity index is 1.56. The van der Waals surface area contributed by atoms with Gasteiger partial charge in [-0.15, -0.1) is 10.2 Å². The minimum atomic E-state index is -0.0857. The van der Waals surface area contributed by atoms with Gasteiger partial charge in [-0.3, -0.25) is 9.69 Å². The van der Waals surface area contributed by atoms with Gasteiger partial charge in [0.1, 0.15) is 0 Å². The number of benzene rings is 1. The highest BCUT2D eigenvalue weighted by Gasteiger charge is 2.26. The first-order valence-electron chi connectivity index (χ1n) is 8.31. The number of nitrogens with zero attached hydrogens (tertiary/aromatic N) is 5. The zero-order valence-corrected chi connectivity index (χ0v) is 14.2. The lowest BCUT2D eigenvalue weighted by molar-refractivity contribution is 0.165. The van der Waals surface area contributed by atoms with Gasteiger partial charge in [0.15, 0.2) is 0 Å². The van der Waals surface area contributed by atoms with Crippen LogP contribution in [0.2, 0.25) is 0 Å². The standard InChI is InChI=1S/C18H19N5O2/c1-12(17-19-20-18(25-17)13-6-4-3-5-7-13)23-9-8-15-14(11-23)10-16(24)22(2)21-15/h3-7,10,12H,8-9,11H2,1-2H3/t12-/m0/s1. The number of fused-ring (bicyclic) bond motifs is 1. The van der Waals surface area contributed by atoms with E-state index < -0.39 is 0 Å². The molecule has 0 bridgehead atoms. The Morgan fingerprint density at radius 2 is 2.00 bits per heavy atom. The van der Waals surface area contributed by atoms with Crippen LogP contribution in [0, 0.1) is 0 Å². The summed E-state index contributed by atoms with van der Waals surface area (Å²) in [6, 6.07) is 11.4. The fourth-order valence-corrected chi connectivity index (χ4v) is 3.10. The van der Waals surface area contributed by atoms with Gasteiger partial charge in [-0.2, -0.15) is 5.10 Å². The molecule has 0 saturated heterocycles. The molecule has 2 aromatic heterocycles. The predicted octanol–water partition coefficient (Wildman–Crippen LogP) is 1.95. The third-order valence-corrected chi connectivity index (χ3v) is 4.63. The molecule has 0 aliphatic carbocycles. The number of aryl methyl sites for hydroxylation is 1. The summed E-state index contributed by atoms with van der Waals surface area (Å²) in [6.07, 6.45) is 0.799. The maximum atomic E-state index is 11.8. The first kappa shape index (κ1) is 15.7. The van der Waals surface area contributed by atoms with Crippen LogP contribution < -0.4 is 5.56 Å². The lowest BCUT2D eigenvalue weighted by Gasteiger charge is -2.31. The quantitative estimate of drug-likeness (QED) is 0.727. The molecule has 1 aliphatic rings. The molecule has 3 heterocycles. The van der Waals surface area contributed by atoms with Crippen LogP contribution in [0.15, 0.2) is 45.6 Å². The van der Waals surface area contributed by atoms with Crippen molar-refractivity contribution in [2.75, 3.05) is 6.54 Å². The summed E-state index contributed by atoms with van der Waals surface area (Å²) in [5, 5.41) is 12.7. The van der Waals surface area contributed by atoms with E-state index in [1.807, 2.05) is 37.3 Å². The molecule has 4 rings (SSSR count). The average molecular weight is 337 g/mol. The minimum absolute atomic E-state index is 0.0258. The number of hydrogen-bond acceptors (Lipinski definition) is 6. The SMILES string of the molecule is C[C@@H](c1nnc(-c2ccccc2)o1)N1CCc2nn(C)c(=O)cc2C1. The van der Waals surface area contributed by atoms with Gasteiger partial charge in [0, 0.05) is 38.2 Å². The molecule has 128 valence electrons. The lowest BCUT2D eigenvalue weighted by atomic mass is 10.0. The topological polar surface area (TPSA) is 77.1 Å². The van der Waals surface area contributed by atoms with Crippen molar-refractivity contribution in [2.24, 2.45) is 7.05 Å². The summed E-state index contributed by atoms with van der Waals surface area (Å²) < 4.78 is 7.26. The zero-order chi connectivity index (χ0) is 17.4. The van der Waals surface area contributed by atoms with Gasteiger partial charge in [0.05, 0.1) is 11.7 Å². The lowest BCUT2D eigenvalue weighted by Crippen LogP contribution is -2.36. The minimum Gasteiger partial charge on any atom is -0.419 e. The first-order chi connectivity index (χ1) is 12.1. The number of hydrogen-bond donors (Lipinski definition) is 0. The molecule has 25 heavy (non-hydrogen) atoms. The second kappa shape index (κ2) is 6.25. The van der Waals surface area contributed by atoms with Gasteiger partial charge in [-0.25, -0.2) is 4.68 Å². The van der Waals surface area contributed by atoms with E-state index >= 15 is 0 Å². The second-order valence-corrected chi connectivity index (χ2v) is 6.29. The molecule has 0 spiro atoms. The average Bonchev–Trinajstić information content (AvgIpc) is 3.12. The molecule has 1 aliphatic heterocycles. The normalized spacial score (nSPS) is 15.8. The van der Waals surface area contributed by atoms with Crippen molar-refractivity contribution < 1.29 is 4.42 Å². The third-order valence-electron chi connectivity index (χ3n) is 4.63. The molecular weight excluding hydrogens is 318 g/mol. The van der Waals surface area contributed by atoms with Crippen LogP contribution in [0.4, 0.5) is 0 Å². The van der Waals surface area contributed by atoms with Crippen LogP contribution in [0.1, 0.15) is 30.1 Å². The van der Waals surface area contributed by atoms with Gasteiger partial charge in [-0.1, -0.05) is 18.2 Å². The summed E-state index contributed by atoms with van der Waals surface area (Å²) in [7, 11) is 1.68. The molecule has 3 aromatic rings. The molecule has 1 atom stereocenters. The molecule has 7 heteroatoms. The molecule has 0 radical (unpaired) electrons. The van der Waals surface area contributed by atoms with E-state index in [0.717, 1.165) is 29.8 Å². The van der Waals surface area contributed by atoms with E-state index in [4.69, 9.17) is 4.42 Å². The van der Waals surface area contributed by atoms with Crippen molar-refractivity contribution in [3.05, 3.63) is 63.9 Å². The monoisotopic (exact) mass is 337 g/mol. The summed E-state index contributed by atoms with van der Waals surface area (Å²) in [5.74, 6) is 1.11. The Labute approximate surface area is 144 Å². The molecule has 1 aromatic carbocycles. The van der Waals surface area contributed by atoms with Gasteiger partial charge < -0.3 is 4.42 Å². The largest absolute Gasteiger partial charge is 0.419 e. The highest BCUT2D eigenvalue weighted by molar-refractivity contribution is 5.51. The third kappa shape index (κ3) is 2.98. The van der Waals surface area contributed by atoms with E-state index in [2.05, 4.69) is 20.2 Å². The predicted molar refractivity (Wildman–Crippen MR) is 91.7 cm³/mol. The van der Waals surface area contributed by atoms with Crippen molar-refractivity contribution in [1.82, 2.24) is 24.9 Å². The molecule has 0 fully saturated rings. The molecule has 0 unspecified atom stereocenters. The smallest absolute Gasteiger partial charge is 0.266 e. The van der Waals surface area contributed by atoms with E-state index in [-0.39, 0.29) is 11.6 Å². The Hall–Kier alpha value is -2.80. The van der Waals surface area contributed by atoms with Crippen LogP contribution in [-0.2, 0) is 20.0 Å². The van der Waals surface area contributed by atoms with Crippen LogP contribution in [-0.4, -0.2) is 31.4 Å². The second-order valence-electron chi connectivity index (χ2n) is 6.29. The van der Waals surface area contributed by atoms with Gasteiger partial charge in [0.2, 0.25) is 11.8 Å². The van der Waals surface area contributed by atoms with E-state index in [1.54, 1.807) is 13.1 Å². The summed E-state index contributed by atoms with van der Waals surface area (Å²) in [6.45, 7) is 3.53. The molecule has 0 N–H and O–H groups in total. The van der Waals surface area contributed by atoms with Crippen molar-refractivity contribution in [3.8, 4) is 11.5 Å². The Morgan fingerprint density at radius 3 is 2.80 bits per heavy atom. The fraction of sp³-hybridized carbons (Fsp3) is 0.333. The van der Waals surface area contributed by atoms with E-state index in [1.165, 1.54) is 4.68 Å². The van der Waals surface area contributed by atoms with E-state index in [0.29, 0.717) is 18.3 Å². The van der Waals surface area contributed by atoms with Gasteiger partial charge in [-0.05, 0) is 24.6 Å². The van der Waals surface area contributed by atoms with Crippen molar-refractivity contribution >= 4 is 0 Å². The summed E-state index contributed by atoms with van der Waals surface area (Å²) >= 11 is 0. The maximum absolute atomic E-state index is 11.8. The van der Waals surface area contributed by atoms with Crippen LogP contribution in [0.5, 0.6) is 0 Å². The fourth-order valence-electron chi connectivity index (χ4n) is 3.10. The summed E-state index contributed by atoms with van der Waals surface area (Å²) in [4.78, 5) is 14.1. The van der Waals surface area contributed by atoms with Crippen LogP contribution in [0.3, 0.4) is 0 Å². The Morgan fingerprint density at radius 1 is 1.20 bits per heavy atom. The molecular formula is C18H19N5O2. The Bertz CT molecular complexity index is 948. The van der Waals surface area contributed by atoms with Crippen molar-refractivity contribution in [2.45, 2.75) is 25.9 Å². The van der Waals surface area contributed by atoms with Crippen LogP contribution in [0.25, 0.3) is 11.5 Å². The maximum Gasteiger partial charge on any atom is 0.266 e. The van der Waals surface area contributed by atoms with Crippen molar-refractivity contribution in [1.29, 1.82) is 0 Å².